The summed E-state index contributed by atoms with van der Waals surface area (Å²) in [5, 5.41) is 4.73. The van der Waals surface area contributed by atoms with Crippen molar-refractivity contribution in [1.29, 1.82) is 0 Å². The van der Waals surface area contributed by atoms with Crippen molar-refractivity contribution >= 4 is 11.8 Å². The highest BCUT2D eigenvalue weighted by Crippen LogP contribution is 2.31. The molecule has 0 saturated heterocycles. The molecule has 0 bridgehead atoms. The minimum Gasteiger partial charge on any atom is -0.339 e. The van der Waals surface area contributed by atoms with Gasteiger partial charge in [-0.2, -0.15) is 16.7 Å². The van der Waals surface area contributed by atoms with E-state index in [-0.39, 0.29) is 0 Å². The standard InChI is InChI=1S/C13H23N3OS/c1-3-9(2)18-8-12-15-13(17-16-12)10-4-6-11(14)7-5-10/h9-11H,3-8,14H2,1-2H3. The first-order chi connectivity index (χ1) is 8.69. The Hall–Kier alpha value is -0.550. The van der Waals surface area contributed by atoms with Gasteiger partial charge >= 0.3 is 0 Å². The number of aromatic nitrogens is 2. The van der Waals surface area contributed by atoms with E-state index < -0.39 is 0 Å². The second-order valence-electron chi connectivity index (χ2n) is 5.19. The van der Waals surface area contributed by atoms with Crippen LogP contribution in [0.15, 0.2) is 4.52 Å². The summed E-state index contributed by atoms with van der Waals surface area (Å²) in [6, 6.07) is 0.365. The maximum Gasteiger partial charge on any atom is 0.229 e. The molecule has 1 aliphatic carbocycles. The third-order valence-electron chi connectivity index (χ3n) is 3.68. The van der Waals surface area contributed by atoms with Gasteiger partial charge in [0.05, 0.1) is 5.75 Å². The number of nitrogens with zero attached hydrogens (tertiary/aromatic N) is 2. The van der Waals surface area contributed by atoms with E-state index in [2.05, 4.69) is 24.0 Å². The normalized spacial score (nSPS) is 26.2. The molecule has 1 aromatic rings. The van der Waals surface area contributed by atoms with Gasteiger partial charge in [-0.05, 0) is 32.1 Å². The molecule has 1 fully saturated rings. The highest BCUT2D eigenvalue weighted by atomic mass is 32.2. The van der Waals surface area contributed by atoms with Gasteiger partial charge < -0.3 is 10.3 Å². The summed E-state index contributed by atoms with van der Waals surface area (Å²) in [5.41, 5.74) is 5.91. The fraction of sp³-hybridized carbons (Fsp3) is 0.846. The van der Waals surface area contributed by atoms with E-state index in [0.717, 1.165) is 43.2 Å². The van der Waals surface area contributed by atoms with Gasteiger partial charge in [0.15, 0.2) is 5.82 Å². The predicted molar refractivity (Wildman–Crippen MR) is 74.5 cm³/mol. The van der Waals surface area contributed by atoms with Crippen molar-refractivity contribution in [3.63, 3.8) is 0 Å². The number of rotatable bonds is 5. The lowest BCUT2D eigenvalue weighted by Crippen LogP contribution is -2.25. The molecule has 5 heteroatoms. The zero-order chi connectivity index (χ0) is 13.0. The molecule has 2 rings (SSSR count). The average Bonchev–Trinajstić information content (AvgIpc) is 2.85. The Morgan fingerprint density at radius 2 is 2.11 bits per heavy atom. The van der Waals surface area contributed by atoms with Crippen LogP contribution in [-0.4, -0.2) is 21.4 Å². The topological polar surface area (TPSA) is 64.9 Å². The van der Waals surface area contributed by atoms with Gasteiger partial charge in [-0.3, -0.25) is 0 Å². The lowest BCUT2D eigenvalue weighted by molar-refractivity contribution is 0.300. The number of thioether (sulfide) groups is 1. The third-order valence-corrected chi connectivity index (χ3v) is 5.00. The molecule has 0 aromatic carbocycles. The number of hydrogen-bond donors (Lipinski definition) is 1. The van der Waals surface area contributed by atoms with Crippen LogP contribution in [-0.2, 0) is 5.75 Å². The summed E-state index contributed by atoms with van der Waals surface area (Å²) in [5.74, 6) is 2.94. The maximum absolute atomic E-state index is 5.91. The summed E-state index contributed by atoms with van der Waals surface area (Å²) >= 11 is 1.88. The molecule has 0 aliphatic heterocycles. The van der Waals surface area contributed by atoms with E-state index in [1.807, 2.05) is 11.8 Å². The molecule has 102 valence electrons. The van der Waals surface area contributed by atoms with E-state index in [4.69, 9.17) is 10.3 Å². The van der Waals surface area contributed by atoms with Crippen LogP contribution in [0.4, 0.5) is 0 Å². The number of hydrogen-bond acceptors (Lipinski definition) is 5. The van der Waals surface area contributed by atoms with Gasteiger partial charge in [0, 0.05) is 17.2 Å². The molecular weight excluding hydrogens is 246 g/mol. The zero-order valence-electron chi connectivity index (χ0n) is 11.3. The van der Waals surface area contributed by atoms with Gasteiger partial charge in [-0.25, -0.2) is 0 Å². The molecule has 0 spiro atoms. The monoisotopic (exact) mass is 269 g/mol. The minimum atomic E-state index is 0.365. The van der Waals surface area contributed by atoms with Crippen LogP contribution in [0, 0.1) is 0 Å². The first-order valence-corrected chi connectivity index (χ1v) is 7.93. The van der Waals surface area contributed by atoms with Gasteiger partial charge in [0.1, 0.15) is 0 Å². The first kappa shape index (κ1) is 13.9. The highest BCUT2D eigenvalue weighted by Gasteiger charge is 2.24. The first-order valence-electron chi connectivity index (χ1n) is 6.88. The van der Waals surface area contributed by atoms with Crippen LogP contribution in [0.1, 0.15) is 63.6 Å². The summed E-state index contributed by atoms with van der Waals surface area (Å²) < 4.78 is 5.39. The Balaban J connectivity index is 1.86. The summed E-state index contributed by atoms with van der Waals surface area (Å²) in [7, 11) is 0. The Bertz CT molecular complexity index is 361. The minimum absolute atomic E-state index is 0.365. The Kier molecular flexibility index (Phi) is 5.06. The largest absolute Gasteiger partial charge is 0.339 e. The molecule has 2 N–H and O–H groups in total. The van der Waals surface area contributed by atoms with Gasteiger partial charge in [-0.15, -0.1) is 0 Å². The van der Waals surface area contributed by atoms with Crippen LogP contribution in [0.5, 0.6) is 0 Å². The lowest BCUT2D eigenvalue weighted by Gasteiger charge is -2.22. The van der Waals surface area contributed by atoms with Crippen molar-refractivity contribution in [2.75, 3.05) is 0 Å². The molecule has 18 heavy (non-hydrogen) atoms. The molecule has 1 aromatic heterocycles. The number of nitrogens with two attached hydrogens (primary N) is 1. The smallest absolute Gasteiger partial charge is 0.229 e. The van der Waals surface area contributed by atoms with Crippen LogP contribution < -0.4 is 5.73 Å². The summed E-state index contributed by atoms with van der Waals surface area (Å²) in [4.78, 5) is 4.53. The van der Waals surface area contributed by atoms with Crippen LogP contribution in [0.25, 0.3) is 0 Å². The molecule has 1 unspecified atom stereocenters. The van der Waals surface area contributed by atoms with Crippen LogP contribution in [0.3, 0.4) is 0 Å². The molecule has 4 nitrogen and oxygen atoms in total. The Morgan fingerprint density at radius 1 is 1.39 bits per heavy atom. The average molecular weight is 269 g/mol. The third kappa shape index (κ3) is 3.72. The second-order valence-corrected chi connectivity index (χ2v) is 6.62. The zero-order valence-corrected chi connectivity index (χ0v) is 12.1. The molecular formula is C13H23N3OS. The van der Waals surface area contributed by atoms with Crippen molar-refractivity contribution < 1.29 is 4.52 Å². The van der Waals surface area contributed by atoms with Crippen LogP contribution in [0.2, 0.25) is 0 Å². The van der Waals surface area contributed by atoms with E-state index in [1.165, 1.54) is 6.42 Å². The fourth-order valence-electron chi connectivity index (χ4n) is 2.19. The van der Waals surface area contributed by atoms with Gasteiger partial charge in [-0.1, -0.05) is 19.0 Å². The maximum atomic E-state index is 5.91. The van der Waals surface area contributed by atoms with Gasteiger partial charge in [0.2, 0.25) is 5.89 Å². The predicted octanol–water partition coefficient (Wildman–Crippen LogP) is 3.09. The highest BCUT2D eigenvalue weighted by molar-refractivity contribution is 7.99. The Labute approximate surface area is 113 Å². The van der Waals surface area contributed by atoms with Crippen molar-refractivity contribution in [3.05, 3.63) is 11.7 Å². The van der Waals surface area contributed by atoms with E-state index >= 15 is 0 Å². The van der Waals surface area contributed by atoms with E-state index in [0.29, 0.717) is 17.2 Å². The van der Waals surface area contributed by atoms with Crippen LogP contribution >= 0.6 is 11.8 Å². The van der Waals surface area contributed by atoms with E-state index in [1.54, 1.807) is 0 Å². The molecule has 1 heterocycles. The molecule has 1 atom stereocenters. The van der Waals surface area contributed by atoms with Crippen molar-refractivity contribution in [3.8, 4) is 0 Å². The fourth-order valence-corrected chi connectivity index (χ4v) is 2.98. The van der Waals surface area contributed by atoms with Crippen molar-refractivity contribution in [2.24, 2.45) is 5.73 Å². The lowest BCUT2D eigenvalue weighted by atomic mass is 9.86. The Morgan fingerprint density at radius 3 is 2.78 bits per heavy atom. The molecule has 1 saturated carbocycles. The molecule has 0 radical (unpaired) electrons. The molecule has 1 aliphatic rings. The summed E-state index contributed by atoms with van der Waals surface area (Å²) in [6.45, 7) is 4.43. The SMILES string of the molecule is CCC(C)SCc1noc(C2CCC(N)CC2)n1. The van der Waals surface area contributed by atoms with Crippen molar-refractivity contribution in [2.45, 2.75) is 68.9 Å². The van der Waals surface area contributed by atoms with Gasteiger partial charge in [0.25, 0.3) is 0 Å². The summed E-state index contributed by atoms with van der Waals surface area (Å²) in [6.07, 6.45) is 5.49. The second kappa shape index (κ2) is 6.57. The quantitative estimate of drug-likeness (QED) is 0.890. The molecule has 0 amide bonds. The van der Waals surface area contributed by atoms with E-state index in [9.17, 15) is 0 Å². The van der Waals surface area contributed by atoms with Crippen molar-refractivity contribution in [1.82, 2.24) is 10.1 Å².